The quantitative estimate of drug-likeness (QED) is 0.608. The third-order valence-electron chi connectivity index (χ3n) is 1.93. The van der Waals surface area contributed by atoms with Crippen molar-refractivity contribution in [2.24, 2.45) is 0 Å². The monoisotopic (exact) mass is 168 g/mol. The lowest BCUT2D eigenvalue weighted by molar-refractivity contribution is 1.33. The second kappa shape index (κ2) is 4.18. The smallest absolute Gasteiger partial charge is 0.167 e. The lowest BCUT2D eigenvalue weighted by Crippen LogP contribution is -2.24. The molecule has 0 aliphatic rings. The van der Waals surface area contributed by atoms with Gasteiger partial charge in [0.15, 0.2) is 0 Å². The highest BCUT2D eigenvalue weighted by atomic mass is 32.1. The predicted octanol–water partition coefficient (Wildman–Crippen LogP) is 2.49. The van der Waals surface area contributed by atoms with Crippen molar-refractivity contribution >= 4 is 29.2 Å². The van der Waals surface area contributed by atoms with E-state index in [1.54, 1.807) is 3.74 Å². The van der Waals surface area contributed by atoms with Gasteiger partial charge in [-0.15, -0.1) is 0 Å². The molecule has 0 fully saturated rings. The summed E-state index contributed by atoms with van der Waals surface area (Å²) in [6.45, 7) is 4.64. The standard InChI is InChI=1S/C4H3S.2C2H5.Al/c1-2-4-5-3-1;2*1-2;/h1-3H;2*1H2,2H3;. The van der Waals surface area contributed by atoms with Gasteiger partial charge >= 0.3 is 14.1 Å². The first-order valence-electron chi connectivity index (χ1n) is 3.91. The van der Waals surface area contributed by atoms with Gasteiger partial charge in [-0.3, -0.25) is 0 Å². The molecular weight excluding hydrogens is 155 g/mol. The molecule has 0 amide bonds. The maximum absolute atomic E-state index is 2.32. The Hall–Kier alpha value is 0.232. The van der Waals surface area contributed by atoms with Crippen LogP contribution in [0.25, 0.3) is 0 Å². The van der Waals surface area contributed by atoms with Crippen molar-refractivity contribution in [1.29, 1.82) is 0 Å². The van der Waals surface area contributed by atoms with Crippen LogP contribution in [0, 0.1) is 0 Å². The Bertz CT molecular complexity index is 165. The Kier molecular flexibility index (Phi) is 3.48. The first kappa shape index (κ1) is 8.33. The van der Waals surface area contributed by atoms with Crippen LogP contribution < -0.4 is 3.74 Å². The summed E-state index contributed by atoms with van der Waals surface area (Å²) in [6.07, 6.45) is 0. The molecule has 1 aromatic rings. The van der Waals surface area contributed by atoms with Crippen LogP contribution >= 0.6 is 11.3 Å². The van der Waals surface area contributed by atoms with Gasteiger partial charge in [0.2, 0.25) is 0 Å². The van der Waals surface area contributed by atoms with Crippen LogP contribution in [0.1, 0.15) is 13.8 Å². The molecule has 0 radical (unpaired) electrons. The molecule has 0 aliphatic heterocycles. The van der Waals surface area contributed by atoms with Crippen LogP contribution in [-0.4, -0.2) is 14.1 Å². The molecule has 0 aliphatic carbocycles. The van der Waals surface area contributed by atoms with Crippen LogP contribution in [0.3, 0.4) is 0 Å². The van der Waals surface area contributed by atoms with Crippen molar-refractivity contribution in [1.82, 2.24) is 0 Å². The molecule has 0 saturated carbocycles. The fourth-order valence-electron chi connectivity index (χ4n) is 1.21. The van der Waals surface area contributed by atoms with Gasteiger partial charge < -0.3 is 0 Å². The molecule has 0 spiro atoms. The Morgan fingerprint density at radius 2 is 2.10 bits per heavy atom. The van der Waals surface area contributed by atoms with E-state index in [1.807, 2.05) is 11.3 Å². The van der Waals surface area contributed by atoms with E-state index >= 15 is 0 Å². The molecule has 1 rings (SSSR count). The number of rotatable bonds is 3. The molecule has 0 saturated heterocycles. The van der Waals surface area contributed by atoms with Gasteiger partial charge in [0.05, 0.1) is 0 Å². The molecule has 0 unspecified atom stereocenters. The van der Waals surface area contributed by atoms with Crippen molar-refractivity contribution in [2.45, 2.75) is 24.4 Å². The molecule has 10 heavy (non-hydrogen) atoms. The molecule has 2 heteroatoms. The molecule has 0 N–H and O–H groups in total. The summed E-state index contributed by atoms with van der Waals surface area (Å²) in [5.74, 6) is 0. The average Bonchev–Trinajstić information content (AvgIpc) is 2.43. The summed E-state index contributed by atoms with van der Waals surface area (Å²) >= 11 is 1.46. The molecule has 0 aromatic carbocycles. The minimum Gasteiger partial charge on any atom is -0.167 e. The summed E-state index contributed by atoms with van der Waals surface area (Å²) < 4.78 is 1.69. The first-order valence-corrected chi connectivity index (χ1v) is 7.00. The van der Waals surface area contributed by atoms with Gasteiger partial charge in [-0.1, -0.05) is 40.3 Å². The molecular formula is C8H13AlS. The average molecular weight is 168 g/mol. The summed E-state index contributed by atoms with van der Waals surface area (Å²) in [6, 6.07) is 4.47. The van der Waals surface area contributed by atoms with Gasteiger partial charge in [-0.2, -0.15) is 11.3 Å². The fraction of sp³-hybridized carbons (Fsp3) is 0.500. The summed E-state index contributed by atoms with van der Waals surface area (Å²) in [4.78, 5) is 0. The third-order valence-corrected chi connectivity index (χ3v) is 7.01. The van der Waals surface area contributed by atoms with Gasteiger partial charge in [-0.05, 0) is 5.38 Å². The van der Waals surface area contributed by atoms with E-state index in [-0.39, 0.29) is 0 Å². The lowest BCUT2D eigenvalue weighted by Gasteiger charge is -2.00. The van der Waals surface area contributed by atoms with Crippen molar-refractivity contribution < 1.29 is 0 Å². The van der Waals surface area contributed by atoms with Crippen molar-refractivity contribution in [2.75, 3.05) is 0 Å². The Morgan fingerprint density at radius 3 is 2.50 bits per heavy atom. The fourth-order valence-corrected chi connectivity index (χ4v) is 5.46. The van der Waals surface area contributed by atoms with Gasteiger partial charge in [0, 0.05) is 0 Å². The van der Waals surface area contributed by atoms with E-state index < -0.39 is 14.1 Å². The van der Waals surface area contributed by atoms with E-state index in [0.717, 1.165) is 0 Å². The molecule has 1 aromatic heterocycles. The van der Waals surface area contributed by atoms with Crippen molar-refractivity contribution in [3.63, 3.8) is 0 Å². The maximum Gasteiger partial charge on any atom is 0.322 e. The van der Waals surface area contributed by atoms with E-state index in [0.29, 0.717) is 0 Å². The summed E-state index contributed by atoms with van der Waals surface area (Å²) in [7, 11) is 0. The molecule has 0 nitrogen and oxygen atoms in total. The van der Waals surface area contributed by atoms with E-state index in [1.165, 1.54) is 10.6 Å². The zero-order chi connectivity index (χ0) is 7.40. The molecule has 1 heterocycles. The van der Waals surface area contributed by atoms with Gasteiger partial charge in [0.25, 0.3) is 0 Å². The minimum absolute atomic E-state index is 0.483. The second-order valence-corrected chi connectivity index (χ2v) is 7.58. The van der Waals surface area contributed by atoms with Crippen LogP contribution in [0.2, 0.25) is 10.6 Å². The van der Waals surface area contributed by atoms with Crippen LogP contribution in [-0.2, 0) is 0 Å². The number of hydrogen-bond donors (Lipinski definition) is 0. The van der Waals surface area contributed by atoms with Crippen LogP contribution in [0.15, 0.2) is 17.5 Å². The van der Waals surface area contributed by atoms with Crippen LogP contribution in [0.5, 0.6) is 0 Å². The highest BCUT2D eigenvalue weighted by Crippen LogP contribution is 2.03. The second-order valence-electron chi connectivity index (χ2n) is 2.53. The molecule has 0 bridgehead atoms. The third kappa shape index (κ3) is 1.86. The minimum atomic E-state index is -0.483. The molecule has 0 atom stereocenters. The van der Waals surface area contributed by atoms with Crippen molar-refractivity contribution in [3.05, 3.63) is 17.5 Å². The number of hydrogen-bond acceptors (Lipinski definition) is 1. The Labute approximate surface area is 71.3 Å². The van der Waals surface area contributed by atoms with E-state index in [4.69, 9.17) is 0 Å². The van der Waals surface area contributed by atoms with E-state index in [2.05, 4.69) is 31.4 Å². The topological polar surface area (TPSA) is 0 Å². The van der Waals surface area contributed by atoms with Crippen molar-refractivity contribution in [3.8, 4) is 0 Å². The molecule has 54 valence electrons. The Morgan fingerprint density at radius 1 is 1.40 bits per heavy atom. The highest BCUT2D eigenvalue weighted by molar-refractivity contribution is 7.22. The maximum atomic E-state index is 2.32. The van der Waals surface area contributed by atoms with Gasteiger partial charge in [-0.25, -0.2) is 0 Å². The largest absolute Gasteiger partial charge is 0.322 e. The normalized spacial score (nSPS) is 9.80. The zero-order valence-corrected chi connectivity index (χ0v) is 8.60. The van der Waals surface area contributed by atoms with Crippen LogP contribution in [0.4, 0.5) is 0 Å². The highest BCUT2D eigenvalue weighted by Gasteiger charge is 2.14. The number of thiophene rings is 1. The zero-order valence-electron chi connectivity index (χ0n) is 6.63. The summed E-state index contributed by atoms with van der Waals surface area (Å²) in [5, 5.41) is 5.02. The van der Waals surface area contributed by atoms with E-state index in [9.17, 15) is 0 Å². The first-order chi connectivity index (χ1) is 4.88. The predicted molar refractivity (Wildman–Crippen MR) is 50.7 cm³/mol. The summed E-state index contributed by atoms with van der Waals surface area (Å²) in [5.41, 5.74) is 0. The SMILES string of the molecule is C[CH2][Al]([CH2]C)[c]1cccs1. The lowest BCUT2D eigenvalue weighted by atomic mass is 10.7. The Balaban J connectivity index is 2.64. The van der Waals surface area contributed by atoms with Gasteiger partial charge in [0.1, 0.15) is 0 Å².